The number of ether oxygens (including phenoxy) is 1. The second-order valence-electron chi connectivity index (χ2n) is 5.28. The summed E-state index contributed by atoms with van der Waals surface area (Å²) in [6.07, 6.45) is -1.04. The number of hydrazine groups is 1. The molecule has 2 aromatic rings. The number of halogens is 1. The first-order valence-electron chi connectivity index (χ1n) is 7.80. The molecule has 7 nitrogen and oxygen atoms in total. The molecule has 0 aliphatic rings. The third kappa shape index (κ3) is 5.59. The number of rotatable bonds is 6. The second kappa shape index (κ2) is 9.16. The highest BCUT2D eigenvalue weighted by Crippen LogP contribution is 2.16. The van der Waals surface area contributed by atoms with E-state index in [1.807, 2.05) is 0 Å². The van der Waals surface area contributed by atoms with Gasteiger partial charge in [0.1, 0.15) is 0 Å². The predicted octanol–water partition coefficient (Wildman–Crippen LogP) is 1.17. The van der Waals surface area contributed by atoms with Gasteiger partial charge in [-0.1, -0.05) is 30.3 Å². The van der Waals surface area contributed by atoms with Crippen LogP contribution in [0.25, 0.3) is 0 Å². The molecule has 0 aliphatic heterocycles. The Morgan fingerprint density at radius 3 is 2.35 bits per heavy atom. The average Bonchev–Trinajstić information content (AvgIpc) is 2.66. The van der Waals surface area contributed by atoms with Crippen LogP contribution in [0.3, 0.4) is 0 Å². The van der Waals surface area contributed by atoms with Crippen molar-refractivity contribution in [2.24, 2.45) is 0 Å². The van der Waals surface area contributed by atoms with Crippen molar-refractivity contribution in [3.05, 3.63) is 66.0 Å². The summed E-state index contributed by atoms with van der Waals surface area (Å²) in [5.74, 6) is -2.38. The van der Waals surface area contributed by atoms with Gasteiger partial charge in [0.25, 0.3) is 17.7 Å². The molecular formula is C18H18FN3O4. The van der Waals surface area contributed by atoms with Crippen LogP contribution >= 0.6 is 0 Å². The fourth-order valence-corrected chi connectivity index (χ4v) is 1.91. The van der Waals surface area contributed by atoms with Gasteiger partial charge in [-0.15, -0.1) is 0 Å². The highest BCUT2D eigenvalue weighted by molar-refractivity contribution is 5.96. The van der Waals surface area contributed by atoms with Crippen molar-refractivity contribution in [1.82, 2.24) is 16.2 Å². The first-order chi connectivity index (χ1) is 12.5. The minimum atomic E-state index is -1.04. The lowest BCUT2D eigenvalue weighted by Gasteiger charge is -2.15. The SMILES string of the molecule is CC(Oc1ccccc1F)C(=O)NNC(=O)CNC(=O)c1ccccc1. The van der Waals surface area contributed by atoms with Crippen LogP contribution < -0.4 is 20.9 Å². The van der Waals surface area contributed by atoms with Crippen LogP contribution in [0.5, 0.6) is 5.75 Å². The molecule has 0 saturated carbocycles. The molecule has 2 rings (SSSR count). The molecule has 26 heavy (non-hydrogen) atoms. The van der Waals surface area contributed by atoms with Crippen molar-refractivity contribution in [2.75, 3.05) is 6.54 Å². The van der Waals surface area contributed by atoms with Gasteiger partial charge in [0.2, 0.25) is 0 Å². The molecule has 0 fully saturated rings. The number of para-hydroxylation sites is 1. The highest BCUT2D eigenvalue weighted by Gasteiger charge is 2.17. The van der Waals surface area contributed by atoms with Crippen LogP contribution in [-0.4, -0.2) is 30.4 Å². The Hall–Kier alpha value is -3.42. The summed E-state index contributed by atoms with van der Waals surface area (Å²) in [7, 11) is 0. The largest absolute Gasteiger partial charge is 0.478 e. The first-order valence-corrected chi connectivity index (χ1v) is 7.80. The smallest absolute Gasteiger partial charge is 0.279 e. The summed E-state index contributed by atoms with van der Waals surface area (Å²) < 4.78 is 18.7. The summed E-state index contributed by atoms with van der Waals surface area (Å²) in [5.41, 5.74) is 4.70. The van der Waals surface area contributed by atoms with Gasteiger partial charge in [0.15, 0.2) is 17.7 Å². The van der Waals surface area contributed by atoms with Gasteiger partial charge < -0.3 is 10.1 Å². The Morgan fingerprint density at radius 2 is 1.65 bits per heavy atom. The molecule has 3 amide bonds. The molecule has 0 saturated heterocycles. The minimum absolute atomic E-state index is 0.0726. The van der Waals surface area contributed by atoms with Gasteiger partial charge in [-0.2, -0.15) is 0 Å². The standard InChI is InChI=1S/C18H18FN3O4/c1-12(26-15-10-6-5-9-14(15)19)17(24)22-21-16(23)11-20-18(25)13-7-3-2-4-8-13/h2-10,12H,11H2,1H3,(H,20,25)(H,21,23)(H,22,24). The molecule has 8 heteroatoms. The summed E-state index contributed by atoms with van der Waals surface area (Å²) in [4.78, 5) is 35.3. The molecule has 0 bridgehead atoms. The molecule has 0 heterocycles. The topological polar surface area (TPSA) is 96.5 Å². The maximum absolute atomic E-state index is 13.5. The van der Waals surface area contributed by atoms with Crippen molar-refractivity contribution in [1.29, 1.82) is 0 Å². The number of benzene rings is 2. The normalized spacial score (nSPS) is 11.2. The zero-order chi connectivity index (χ0) is 18.9. The fourth-order valence-electron chi connectivity index (χ4n) is 1.91. The van der Waals surface area contributed by atoms with Crippen molar-refractivity contribution in [3.8, 4) is 5.75 Å². The summed E-state index contributed by atoms with van der Waals surface area (Å²) in [6, 6.07) is 14.0. The van der Waals surface area contributed by atoms with Crippen LogP contribution in [0.2, 0.25) is 0 Å². The highest BCUT2D eigenvalue weighted by atomic mass is 19.1. The van der Waals surface area contributed by atoms with Crippen molar-refractivity contribution in [2.45, 2.75) is 13.0 Å². The van der Waals surface area contributed by atoms with Crippen LogP contribution in [0.4, 0.5) is 4.39 Å². The Bertz CT molecular complexity index is 783. The van der Waals surface area contributed by atoms with E-state index in [2.05, 4.69) is 16.2 Å². The Kier molecular flexibility index (Phi) is 6.67. The van der Waals surface area contributed by atoms with Gasteiger partial charge in [0.05, 0.1) is 6.54 Å². The summed E-state index contributed by atoms with van der Waals surface area (Å²) in [5, 5.41) is 2.42. The number of carbonyl (C=O) groups is 3. The zero-order valence-electron chi connectivity index (χ0n) is 14.0. The zero-order valence-corrected chi connectivity index (χ0v) is 14.0. The van der Waals surface area contributed by atoms with E-state index < -0.39 is 29.6 Å². The van der Waals surface area contributed by atoms with E-state index in [9.17, 15) is 18.8 Å². The lowest BCUT2D eigenvalue weighted by Crippen LogP contribution is -2.50. The van der Waals surface area contributed by atoms with E-state index in [4.69, 9.17) is 4.74 Å². The molecule has 0 aromatic heterocycles. The molecule has 0 aliphatic carbocycles. The van der Waals surface area contributed by atoms with Crippen LogP contribution in [0.1, 0.15) is 17.3 Å². The van der Waals surface area contributed by atoms with Gasteiger partial charge in [-0.3, -0.25) is 25.2 Å². The van der Waals surface area contributed by atoms with E-state index >= 15 is 0 Å². The maximum Gasteiger partial charge on any atom is 0.279 e. The third-order valence-electron chi connectivity index (χ3n) is 3.28. The molecular weight excluding hydrogens is 341 g/mol. The van der Waals surface area contributed by atoms with E-state index in [1.54, 1.807) is 36.4 Å². The molecule has 1 atom stereocenters. The molecule has 136 valence electrons. The van der Waals surface area contributed by atoms with Gasteiger partial charge in [-0.25, -0.2) is 4.39 Å². The van der Waals surface area contributed by atoms with Crippen molar-refractivity contribution >= 4 is 17.7 Å². The molecule has 0 radical (unpaired) electrons. The summed E-state index contributed by atoms with van der Waals surface area (Å²) in [6.45, 7) is 1.08. The minimum Gasteiger partial charge on any atom is -0.478 e. The number of nitrogens with one attached hydrogen (secondary N) is 3. The molecule has 2 aromatic carbocycles. The van der Waals surface area contributed by atoms with Crippen LogP contribution in [-0.2, 0) is 9.59 Å². The van der Waals surface area contributed by atoms with Crippen LogP contribution in [0.15, 0.2) is 54.6 Å². The van der Waals surface area contributed by atoms with E-state index in [-0.39, 0.29) is 12.3 Å². The average molecular weight is 359 g/mol. The maximum atomic E-state index is 13.5. The monoisotopic (exact) mass is 359 g/mol. The number of amides is 3. The molecule has 1 unspecified atom stereocenters. The van der Waals surface area contributed by atoms with E-state index in [1.165, 1.54) is 25.1 Å². The summed E-state index contributed by atoms with van der Waals surface area (Å²) >= 11 is 0. The lowest BCUT2D eigenvalue weighted by molar-refractivity contribution is -0.132. The first kappa shape index (κ1) is 18.9. The third-order valence-corrected chi connectivity index (χ3v) is 3.28. The Morgan fingerprint density at radius 1 is 1.00 bits per heavy atom. The molecule has 0 spiro atoms. The number of carbonyl (C=O) groups excluding carboxylic acids is 3. The lowest BCUT2D eigenvalue weighted by atomic mass is 10.2. The van der Waals surface area contributed by atoms with Gasteiger partial charge in [0, 0.05) is 5.56 Å². The van der Waals surface area contributed by atoms with Gasteiger partial charge in [-0.05, 0) is 31.2 Å². The van der Waals surface area contributed by atoms with Crippen LogP contribution in [0, 0.1) is 5.82 Å². The van der Waals surface area contributed by atoms with Crippen molar-refractivity contribution in [3.63, 3.8) is 0 Å². The number of hydrogen-bond donors (Lipinski definition) is 3. The quantitative estimate of drug-likeness (QED) is 0.675. The second-order valence-corrected chi connectivity index (χ2v) is 5.28. The van der Waals surface area contributed by atoms with Crippen molar-refractivity contribution < 1.29 is 23.5 Å². The number of hydrogen-bond acceptors (Lipinski definition) is 4. The Labute approximate surface area is 149 Å². The van der Waals surface area contributed by atoms with E-state index in [0.29, 0.717) is 5.56 Å². The predicted molar refractivity (Wildman–Crippen MR) is 91.6 cm³/mol. The van der Waals surface area contributed by atoms with Gasteiger partial charge >= 0.3 is 0 Å². The fraction of sp³-hybridized carbons (Fsp3) is 0.167. The molecule has 3 N–H and O–H groups in total. The van der Waals surface area contributed by atoms with E-state index in [0.717, 1.165) is 0 Å². The Balaban J connectivity index is 1.73.